The highest BCUT2D eigenvalue weighted by Crippen LogP contribution is 2.28. The first kappa shape index (κ1) is 6.93. The lowest BCUT2D eigenvalue weighted by Crippen LogP contribution is -2.29. The lowest BCUT2D eigenvalue weighted by atomic mass is 10.1. The lowest BCUT2D eigenvalue weighted by Gasteiger charge is -2.12. The Morgan fingerprint density at radius 3 is 2.22 bits per heavy atom. The minimum absolute atomic E-state index is 0.245. The molecule has 1 rings (SSSR count). The van der Waals surface area contributed by atoms with Crippen molar-refractivity contribution in [2.75, 3.05) is 0 Å². The molecule has 0 heterocycles. The van der Waals surface area contributed by atoms with Crippen molar-refractivity contribution >= 4 is 0 Å². The fourth-order valence-electron chi connectivity index (χ4n) is 1.33. The van der Waals surface area contributed by atoms with Gasteiger partial charge in [0.25, 0.3) is 0 Å². The molecule has 0 bridgehead atoms. The van der Waals surface area contributed by atoms with E-state index in [2.05, 4.69) is 0 Å². The Morgan fingerprint density at radius 2 is 2.00 bits per heavy atom. The van der Waals surface area contributed by atoms with Gasteiger partial charge in [0.2, 0.25) is 6.43 Å². The maximum Gasteiger partial charge on any atom is 0.242 e. The smallest absolute Gasteiger partial charge is 0.242 e. The van der Waals surface area contributed by atoms with E-state index in [1.54, 1.807) is 0 Å². The van der Waals surface area contributed by atoms with Gasteiger partial charge >= 0.3 is 0 Å². The minimum atomic E-state index is -2.21. The van der Waals surface area contributed by atoms with Crippen molar-refractivity contribution in [1.82, 2.24) is 0 Å². The van der Waals surface area contributed by atoms with E-state index in [-0.39, 0.29) is 6.04 Å². The van der Waals surface area contributed by atoms with Crippen molar-refractivity contribution in [2.45, 2.75) is 31.7 Å². The van der Waals surface area contributed by atoms with Gasteiger partial charge in [0, 0.05) is 12.0 Å². The van der Waals surface area contributed by atoms with Gasteiger partial charge in [-0.1, -0.05) is 6.42 Å². The second-order valence-electron chi connectivity index (χ2n) is 2.59. The number of rotatable bonds is 1. The summed E-state index contributed by atoms with van der Waals surface area (Å²) in [4.78, 5) is 0. The molecule has 0 amide bonds. The molecule has 0 aromatic carbocycles. The highest BCUT2D eigenvalue weighted by molar-refractivity contribution is 4.81. The Morgan fingerprint density at radius 1 is 1.33 bits per heavy atom. The zero-order valence-corrected chi connectivity index (χ0v) is 5.19. The lowest BCUT2D eigenvalue weighted by molar-refractivity contribution is 0.0728. The zero-order chi connectivity index (χ0) is 6.85. The van der Waals surface area contributed by atoms with Gasteiger partial charge in [0.1, 0.15) is 0 Å². The quantitative estimate of drug-likeness (QED) is 0.577. The maximum atomic E-state index is 11.9. The largest absolute Gasteiger partial charge is 0.327 e. The van der Waals surface area contributed by atoms with Crippen molar-refractivity contribution in [1.29, 1.82) is 0 Å². The van der Waals surface area contributed by atoms with Gasteiger partial charge in [-0.3, -0.25) is 0 Å². The van der Waals surface area contributed by atoms with Crippen LogP contribution in [0, 0.1) is 5.92 Å². The normalized spacial score (nSPS) is 36.0. The van der Waals surface area contributed by atoms with Crippen molar-refractivity contribution in [2.24, 2.45) is 11.7 Å². The minimum Gasteiger partial charge on any atom is -0.327 e. The van der Waals surface area contributed by atoms with E-state index in [0.717, 1.165) is 12.8 Å². The Labute approximate surface area is 53.2 Å². The van der Waals surface area contributed by atoms with Crippen molar-refractivity contribution in [3.8, 4) is 0 Å². The summed E-state index contributed by atoms with van der Waals surface area (Å²) < 4.78 is 23.8. The van der Waals surface area contributed by atoms with Crippen LogP contribution >= 0.6 is 0 Å². The van der Waals surface area contributed by atoms with Crippen LogP contribution in [-0.2, 0) is 0 Å². The highest BCUT2D eigenvalue weighted by Gasteiger charge is 2.31. The summed E-state index contributed by atoms with van der Waals surface area (Å²) in [7, 11) is 0. The molecule has 0 aromatic heterocycles. The molecular weight excluding hydrogens is 124 g/mol. The third-order valence-corrected chi connectivity index (χ3v) is 1.95. The number of halogens is 2. The molecule has 1 nitrogen and oxygen atoms in total. The van der Waals surface area contributed by atoms with Crippen LogP contribution in [0.4, 0.5) is 8.78 Å². The fourth-order valence-corrected chi connectivity index (χ4v) is 1.33. The van der Waals surface area contributed by atoms with E-state index in [1.165, 1.54) is 0 Å². The summed E-state index contributed by atoms with van der Waals surface area (Å²) in [5.41, 5.74) is 5.40. The number of nitrogens with two attached hydrogens (primary N) is 1. The summed E-state index contributed by atoms with van der Waals surface area (Å²) in [6, 6.07) is -0.245. The zero-order valence-electron chi connectivity index (χ0n) is 5.19. The summed E-state index contributed by atoms with van der Waals surface area (Å²) in [6.07, 6.45) is 0.0480. The van der Waals surface area contributed by atoms with Crippen LogP contribution in [0.15, 0.2) is 0 Å². The van der Waals surface area contributed by atoms with Crippen LogP contribution in [0.5, 0.6) is 0 Å². The van der Waals surface area contributed by atoms with Gasteiger partial charge in [-0.2, -0.15) is 0 Å². The van der Waals surface area contributed by atoms with Crippen LogP contribution in [0.25, 0.3) is 0 Å². The fraction of sp³-hybridized carbons (Fsp3) is 1.00. The highest BCUT2D eigenvalue weighted by atomic mass is 19.3. The average molecular weight is 135 g/mol. The monoisotopic (exact) mass is 135 g/mol. The first-order chi connectivity index (χ1) is 4.22. The standard InChI is InChI=1S/C6H11F2N/c7-6(8)4-2-1-3-5(4)9/h4-6H,1-3,9H2/t4-,5-/m1/s1. The molecule has 1 aliphatic rings. The molecule has 0 spiro atoms. The molecule has 2 atom stereocenters. The van der Waals surface area contributed by atoms with E-state index in [0.29, 0.717) is 6.42 Å². The average Bonchev–Trinajstić information content (AvgIpc) is 2.13. The maximum absolute atomic E-state index is 11.9. The molecule has 0 aromatic rings. The van der Waals surface area contributed by atoms with E-state index >= 15 is 0 Å². The number of hydrogen-bond donors (Lipinski definition) is 1. The third-order valence-electron chi connectivity index (χ3n) is 1.95. The molecule has 0 saturated heterocycles. The second-order valence-corrected chi connectivity index (χ2v) is 2.59. The molecule has 1 aliphatic carbocycles. The molecule has 1 saturated carbocycles. The molecule has 2 N–H and O–H groups in total. The SMILES string of the molecule is N[C@@H]1CCC[C@H]1C(F)F. The van der Waals surface area contributed by atoms with E-state index in [4.69, 9.17) is 5.73 Å². The third kappa shape index (κ3) is 1.39. The predicted octanol–water partition coefficient (Wildman–Crippen LogP) is 1.38. The van der Waals surface area contributed by atoms with Gasteiger partial charge in [-0.25, -0.2) is 8.78 Å². The van der Waals surface area contributed by atoms with Crippen molar-refractivity contribution < 1.29 is 8.78 Å². The predicted molar refractivity (Wildman–Crippen MR) is 31.3 cm³/mol. The Bertz CT molecular complexity index is 95.1. The van der Waals surface area contributed by atoms with Gasteiger partial charge < -0.3 is 5.73 Å². The van der Waals surface area contributed by atoms with Crippen LogP contribution in [0.2, 0.25) is 0 Å². The Balaban J connectivity index is 2.40. The summed E-state index contributed by atoms with van der Waals surface area (Å²) in [5, 5.41) is 0. The molecule has 0 unspecified atom stereocenters. The second kappa shape index (κ2) is 2.60. The summed E-state index contributed by atoms with van der Waals surface area (Å²) in [6.45, 7) is 0. The van der Waals surface area contributed by atoms with Crippen molar-refractivity contribution in [3.63, 3.8) is 0 Å². The van der Waals surface area contributed by atoms with Crippen LogP contribution in [0.1, 0.15) is 19.3 Å². The molecule has 0 radical (unpaired) electrons. The van der Waals surface area contributed by atoms with E-state index < -0.39 is 12.3 Å². The van der Waals surface area contributed by atoms with Crippen LogP contribution < -0.4 is 5.73 Å². The topological polar surface area (TPSA) is 26.0 Å². The molecule has 1 fully saturated rings. The molecule has 0 aliphatic heterocycles. The first-order valence-electron chi connectivity index (χ1n) is 3.25. The number of alkyl halides is 2. The van der Waals surface area contributed by atoms with Gasteiger partial charge in [0.05, 0.1) is 0 Å². The van der Waals surface area contributed by atoms with E-state index in [1.807, 2.05) is 0 Å². The van der Waals surface area contributed by atoms with Crippen LogP contribution in [-0.4, -0.2) is 12.5 Å². The number of hydrogen-bond acceptors (Lipinski definition) is 1. The summed E-state index contributed by atoms with van der Waals surface area (Å²) >= 11 is 0. The Kier molecular flexibility index (Phi) is 2.01. The molecule has 3 heteroatoms. The van der Waals surface area contributed by atoms with Gasteiger partial charge in [0.15, 0.2) is 0 Å². The van der Waals surface area contributed by atoms with Crippen molar-refractivity contribution in [3.05, 3.63) is 0 Å². The van der Waals surface area contributed by atoms with Gasteiger partial charge in [-0.05, 0) is 12.8 Å². The molecule has 9 heavy (non-hydrogen) atoms. The molecular formula is C6H11F2N. The van der Waals surface area contributed by atoms with Crippen LogP contribution in [0.3, 0.4) is 0 Å². The Hall–Kier alpha value is -0.180. The molecule has 54 valence electrons. The summed E-state index contributed by atoms with van der Waals surface area (Å²) in [5.74, 6) is -0.523. The van der Waals surface area contributed by atoms with E-state index in [9.17, 15) is 8.78 Å². The van der Waals surface area contributed by atoms with Gasteiger partial charge in [-0.15, -0.1) is 0 Å². The first-order valence-corrected chi connectivity index (χ1v) is 3.25.